The lowest BCUT2D eigenvalue weighted by Crippen LogP contribution is -2.31. The van der Waals surface area contributed by atoms with E-state index < -0.39 is 73.0 Å². The second-order valence-electron chi connectivity index (χ2n) is 6.74. The van der Waals surface area contributed by atoms with E-state index in [9.17, 15) is 48.3 Å². The molecular weight excluding hydrogens is 504 g/mol. The van der Waals surface area contributed by atoms with Gasteiger partial charge in [0.25, 0.3) is 15.9 Å². The van der Waals surface area contributed by atoms with Crippen LogP contribution in [0.2, 0.25) is 0 Å². The Morgan fingerprint density at radius 1 is 0.882 bits per heavy atom. The van der Waals surface area contributed by atoms with Gasteiger partial charge in [0.05, 0.1) is 27.4 Å². The zero-order valence-electron chi connectivity index (χ0n) is 16.5. The molecule has 3 rings (SSSR count). The minimum absolute atomic E-state index is 0.117. The Labute approximate surface area is 185 Å². The van der Waals surface area contributed by atoms with Gasteiger partial charge in [0.1, 0.15) is 11.6 Å². The number of carbonyl (C=O) groups is 1. The average molecular weight is 514 g/mol. The second kappa shape index (κ2) is 8.34. The van der Waals surface area contributed by atoms with Gasteiger partial charge in [-0.15, -0.1) is 5.10 Å². The summed E-state index contributed by atoms with van der Waals surface area (Å²) in [6.45, 7) is 1.02. The molecule has 7 nitrogen and oxygen atoms in total. The summed E-state index contributed by atoms with van der Waals surface area (Å²) >= 11 is 0. The van der Waals surface area contributed by atoms with Gasteiger partial charge in [-0.3, -0.25) is 4.79 Å². The molecule has 1 amide bonds. The van der Waals surface area contributed by atoms with Gasteiger partial charge in [-0.25, -0.2) is 26.6 Å². The number of nitrogens with one attached hydrogen (secondary N) is 1. The normalized spacial score (nSPS) is 12.6. The van der Waals surface area contributed by atoms with E-state index in [0.29, 0.717) is 35.0 Å². The van der Waals surface area contributed by atoms with E-state index >= 15 is 0 Å². The predicted octanol–water partition coefficient (Wildman–Crippen LogP) is 4.01. The van der Waals surface area contributed by atoms with Crippen LogP contribution >= 0.6 is 0 Å². The molecule has 34 heavy (non-hydrogen) atoms. The standard InChI is InChI=1S/C18H10F8N4O3S/c1-8-15(16(31)28-34(32,33)14-6-11(19)5-12(20)7-14)27-29-30(8)13-3-9(17(21,22)23)2-10(4-13)18(24,25)26/h2-7H,1H3,(H,28,31). The van der Waals surface area contributed by atoms with Gasteiger partial charge < -0.3 is 0 Å². The molecule has 182 valence electrons. The first-order valence-electron chi connectivity index (χ1n) is 8.74. The van der Waals surface area contributed by atoms with Gasteiger partial charge >= 0.3 is 12.4 Å². The van der Waals surface area contributed by atoms with Crippen LogP contribution in [0.25, 0.3) is 5.69 Å². The third-order valence-electron chi connectivity index (χ3n) is 4.30. The van der Waals surface area contributed by atoms with Gasteiger partial charge in [0.2, 0.25) is 0 Å². The van der Waals surface area contributed by atoms with Gasteiger partial charge in [-0.05, 0) is 37.3 Å². The fraction of sp³-hybridized carbons (Fsp3) is 0.167. The number of rotatable bonds is 4. The number of halogens is 8. The summed E-state index contributed by atoms with van der Waals surface area (Å²) in [6.07, 6.45) is -10.3. The van der Waals surface area contributed by atoms with Crippen LogP contribution in [-0.2, 0) is 22.4 Å². The lowest BCUT2D eigenvalue weighted by molar-refractivity contribution is -0.143. The van der Waals surface area contributed by atoms with Gasteiger partial charge in [0, 0.05) is 6.07 Å². The second-order valence-corrected chi connectivity index (χ2v) is 8.42. The molecule has 1 N–H and O–H groups in total. The molecule has 1 heterocycles. The maximum Gasteiger partial charge on any atom is 0.416 e. The zero-order valence-corrected chi connectivity index (χ0v) is 17.3. The van der Waals surface area contributed by atoms with Crippen LogP contribution in [0.3, 0.4) is 0 Å². The summed E-state index contributed by atoms with van der Waals surface area (Å²) in [4.78, 5) is 11.4. The number of aromatic nitrogens is 3. The number of amides is 1. The van der Waals surface area contributed by atoms with Crippen molar-refractivity contribution in [3.8, 4) is 5.69 Å². The van der Waals surface area contributed by atoms with E-state index in [4.69, 9.17) is 0 Å². The van der Waals surface area contributed by atoms with Crippen molar-refractivity contribution in [3.63, 3.8) is 0 Å². The number of hydrogen-bond donors (Lipinski definition) is 1. The molecule has 0 aliphatic rings. The highest BCUT2D eigenvalue weighted by molar-refractivity contribution is 7.90. The van der Waals surface area contributed by atoms with E-state index in [1.54, 1.807) is 0 Å². The van der Waals surface area contributed by atoms with Crippen LogP contribution in [0, 0.1) is 18.6 Å². The third-order valence-corrected chi connectivity index (χ3v) is 5.61. The molecule has 0 saturated heterocycles. The van der Waals surface area contributed by atoms with Crippen LogP contribution in [0.15, 0.2) is 41.3 Å². The lowest BCUT2D eigenvalue weighted by atomic mass is 10.1. The van der Waals surface area contributed by atoms with Crippen molar-refractivity contribution in [3.05, 3.63) is 70.5 Å². The topological polar surface area (TPSA) is 93.9 Å². The van der Waals surface area contributed by atoms with Crippen molar-refractivity contribution < 1.29 is 48.3 Å². The van der Waals surface area contributed by atoms with Crippen LogP contribution < -0.4 is 4.72 Å². The van der Waals surface area contributed by atoms with Gasteiger partial charge in [0.15, 0.2) is 5.69 Å². The van der Waals surface area contributed by atoms with Gasteiger partial charge in [-0.1, -0.05) is 5.21 Å². The average Bonchev–Trinajstić information content (AvgIpc) is 3.06. The smallest absolute Gasteiger partial charge is 0.266 e. The maximum atomic E-state index is 13.3. The van der Waals surface area contributed by atoms with E-state index in [-0.39, 0.29) is 6.07 Å². The van der Waals surface area contributed by atoms with Crippen LogP contribution in [-0.4, -0.2) is 29.3 Å². The number of nitrogens with zero attached hydrogens (tertiary/aromatic N) is 3. The molecule has 0 bridgehead atoms. The SMILES string of the molecule is Cc1c(C(=O)NS(=O)(=O)c2cc(F)cc(F)c2)nnn1-c1cc(C(F)(F)F)cc(C(F)(F)F)c1. The summed E-state index contributed by atoms with van der Waals surface area (Å²) in [6, 6.07) is 1.72. The Hall–Kier alpha value is -3.56. The molecule has 3 aromatic rings. The minimum atomic E-state index is -5.15. The monoisotopic (exact) mass is 514 g/mol. The zero-order chi connectivity index (χ0) is 25.6. The summed E-state index contributed by atoms with van der Waals surface area (Å²) in [5.74, 6) is -4.03. The Morgan fingerprint density at radius 3 is 1.85 bits per heavy atom. The Balaban J connectivity index is 2.01. The van der Waals surface area contributed by atoms with Crippen LogP contribution in [0.5, 0.6) is 0 Å². The summed E-state index contributed by atoms with van der Waals surface area (Å²) in [5, 5.41) is 6.66. The van der Waals surface area contributed by atoms with Crippen molar-refractivity contribution in [2.24, 2.45) is 0 Å². The Bertz CT molecular complexity index is 1330. The molecule has 16 heteroatoms. The third kappa shape index (κ3) is 5.16. The van der Waals surface area contributed by atoms with Crippen LogP contribution in [0.4, 0.5) is 35.1 Å². The molecule has 2 aromatic carbocycles. The van der Waals surface area contributed by atoms with E-state index in [1.807, 2.05) is 0 Å². The fourth-order valence-electron chi connectivity index (χ4n) is 2.76. The first kappa shape index (κ1) is 25.1. The highest BCUT2D eigenvalue weighted by atomic mass is 32.2. The first-order chi connectivity index (χ1) is 15.5. The predicted molar refractivity (Wildman–Crippen MR) is 97.1 cm³/mol. The number of sulfonamides is 1. The van der Waals surface area contributed by atoms with Crippen molar-refractivity contribution in [2.75, 3.05) is 0 Å². The molecule has 0 fully saturated rings. The number of benzene rings is 2. The highest BCUT2D eigenvalue weighted by Crippen LogP contribution is 2.37. The van der Waals surface area contributed by atoms with Gasteiger partial charge in [-0.2, -0.15) is 26.3 Å². The van der Waals surface area contributed by atoms with E-state index in [2.05, 4.69) is 10.3 Å². The van der Waals surface area contributed by atoms with Crippen molar-refractivity contribution in [2.45, 2.75) is 24.2 Å². The molecule has 0 unspecified atom stereocenters. The van der Waals surface area contributed by atoms with Crippen molar-refractivity contribution in [1.29, 1.82) is 0 Å². The summed E-state index contributed by atoms with van der Waals surface area (Å²) in [5.41, 5.74) is -5.29. The fourth-order valence-corrected chi connectivity index (χ4v) is 3.75. The molecule has 0 radical (unpaired) electrons. The molecule has 0 saturated carbocycles. The maximum absolute atomic E-state index is 13.3. The first-order valence-corrected chi connectivity index (χ1v) is 10.2. The molecular formula is C18H10F8N4O3S. The lowest BCUT2D eigenvalue weighted by Gasteiger charge is -2.14. The molecule has 0 atom stereocenters. The van der Waals surface area contributed by atoms with E-state index in [1.165, 1.54) is 4.72 Å². The Morgan fingerprint density at radius 2 is 1.38 bits per heavy atom. The molecule has 1 aromatic heterocycles. The largest absolute Gasteiger partial charge is 0.416 e. The van der Waals surface area contributed by atoms with Crippen LogP contribution in [0.1, 0.15) is 27.3 Å². The number of hydrogen-bond acceptors (Lipinski definition) is 5. The number of carbonyl (C=O) groups excluding carboxylic acids is 1. The summed E-state index contributed by atoms with van der Waals surface area (Å²) < 4.78 is 132. The molecule has 0 spiro atoms. The molecule has 0 aliphatic heterocycles. The summed E-state index contributed by atoms with van der Waals surface area (Å²) in [7, 11) is -4.83. The van der Waals surface area contributed by atoms with Crippen molar-refractivity contribution in [1.82, 2.24) is 19.7 Å². The van der Waals surface area contributed by atoms with Crippen molar-refractivity contribution >= 4 is 15.9 Å². The Kier molecular flexibility index (Phi) is 6.15. The molecule has 0 aliphatic carbocycles. The van der Waals surface area contributed by atoms with E-state index in [0.717, 1.165) is 6.92 Å². The number of alkyl halides is 6. The quantitative estimate of drug-likeness (QED) is 0.532. The minimum Gasteiger partial charge on any atom is -0.266 e. The highest BCUT2D eigenvalue weighted by Gasteiger charge is 2.37.